The van der Waals surface area contributed by atoms with Crippen molar-refractivity contribution in [2.45, 2.75) is 53.4 Å². The summed E-state index contributed by atoms with van der Waals surface area (Å²) in [5.74, 6) is 0.813. The standard InChI is InChI=1S/C21H33N3O2/c1-16-11-14-24(15-12-16)18-9-7-17(8-10-18)23-19(25)6-5-13-22-20(26)21(2,3)4/h7-10,16H,5-6,11-15H2,1-4H3,(H,22,26)(H,23,25). The van der Waals surface area contributed by atoms with Gasteiger partial charge in [-0.2, -0.15) is 0 Å². The smallest absolute Gasteiger partial charge is 0.225 e. The number of piperidine rings is 1. The number of rotatable bonds is 6. The maximum atomic E-state index is 12.0. The van der Waals surface area contributed by atoms with Crippen molar-refractivity contribution in [3.05, 3.63) is 24.3 Å². The minimum atomic E-state index is -0.392. The van der Waals surface area contributed by atoms with E-state index in [0.717, 1.165) is 24.7 Å². The van der Waals surface area contributed by atoms with Crippen LogP contribution in [0, 0.1) is 11.3 Å². The van der Waals surface area contributed by atoms with Gasteiger partial charge in [-0.05, 0) is 49.4 Å². The van der Waals surface area contributed by atoms with Gasteiger partial charge < -0.3 is 15.5 Å². The Kier molecular flexibility index (Phi) is 7.06. The number of hydrogen-bond acceptors (Lipinski definition) is 3. The Balaban J connectivity index is 1.71. The van der Waals surface area contributed by atoms with Crippen LogP contribution in [0.25, 0.3) is 0 Å². The van der Waals surface area contributed by atoms with Crippen LogP contribution in [0.4, 0.5) is 11.4 Å². The lowest BCUT2D eigenvalue weighted by molar-refractivity contribution is -0.128. The average molecular weight is 360 g/mol. The first kappa shape index (κ1) is 20.3. The Morgan fingerprint density at radius 1 is 1.12 bits per heavy atom. The number of carbonyl (C=O) groups is 2. The van der Waals surface area contributed by atoms with Crippen molar-refractivity contribution in [3.8, 4) is 0 Å². The molecule has 0 aromatic heterocycles. The Morgan fingerprint density at radius 3 is 2.31 bits per heavy atom. The Hall–Kier alpha value is -2.04. The van der Waals surface area contributed by atoms with Gasteiger partial charge in [-0.1, -0.05) is 27.7 Å². The summed E-state index contributed by atoms with van der Waals surface area (Å²) in [5.41, 5.74) is 1.65. The highest BCUT2D eigenvalue weighted by Gasteiger charge is 2.20. The zero-order chi connectivity index (χ0) is 19.2. The molecule has 1 aliphatic rings. The normalized spacial score (nSPS) is 15.6. The van der Waals surface area contributed by atoms with Gasteiger partial charge in [0.05, 0.1) is 0 Å². The van der Waals surface area contributed by atoms with E-state index in [-0.39, 0.29) is 11.8 Å². The largest absolute Gasteiger partial charge is 0.372 e. The Bertz CT molecular complexity index is 597. The van der Waals surface area contributed by atoms with Crippen molar-refractivity contribution in [2.24, 2.45) is 11.3 Å². The van der Waals surface area contributed by atoms with Crippen molar-refractivity contribution in [1.82, 2.24) is 5.32 Å². The van der Waals surface area contributed by atoms with Crippen molar-refractivity contribution in [2.75, 3.05) is 29.9 Å². The first-order valence-corrected chi connectivity index (χ1v) is 9.69. The molecule has 0 atom stereocenters. The molecule has 1 saturated heterocycles. The summed E-state index contributed by atoms with van der Waals surface area (Å²) in [6.45, 7) is 10.7. The van der Waals surface area contributed by atoms with Gasteiger partial charge in [0.25, 0.3) is 0 Å². The van der Waals surface area contributed by atoms with E-state index < -0.39 is 5.41 Å². The number of nitrogens with one attached hydrogen (secondary N) is 2. The highest BCUT2D eigenvalue weighted by atomic mass is 16.2. The lowest BCUT2D eigenvalue weighted by atomic mass is 9.96. The maximum Gasteiger partial charge on any atom is 0.225 e. The van der Waals surface area contributed by atoms with Crippen LogP contribution < -0.4 is 15.5 Å². The highest BCUT2D eigenvalue weighted by molar-refractivity contribution is 5.91. The molecule has 1 aromatic rings. The minimum absolute atomic E-state index is 0.0144. The lowest BCUT2D eigenvalue weighted by Crippen LogP contribution is -2.35. The number of nitrogens with zero attached hydrogens (tertiary/aromatic N) is 1. The van der Waals surface area contributed by atoms with Gasteiger partial charge in [-0.25, -0.2) is 0 Å². The van der Waals surface area contributed by atoms with Crippen LogP contribution in [0.2, 0.25) is 0 Å². The van der Waals surface area contributed by atoms with Crippen LogP contribution in [0.1, 0.15) is 53.4 Å². The van der Waals surface area contributed by atoms with Crippen molar-refractivity contribution in [3.63, 3.8) is 0 Å². The van der Waals surface area contributed by atoms with Gasteiger partial charge >= 0.3 is 0 Å². The Labute approximate surface area is 157 Å². The second-order valence-corrected chi connectivity index (χ2v) is 8.37. The zero-order valence-electron chi connectivity index (χ0n) is 16.6. The molecule has 0 radical (unpaired) electrons. The molecule has 26 heavy (non-hydrogen) atoms. The van der Waals surface area contributed by atoms with E-state index in [1.54, 1.807) is 0 Å². The average Bonchev–Trinajstić information content (AvgIpc) is 2.59. The second kappa shape index (κ2) is 9.06. The topological polar surface area (TPSA) is 61.4 Å². The fourth-order valence-corrected chi connectivity index (χ4v) is 2.96. The summed E-state index contributed by atoms with van der Waals surface area (Å²) in [6, 6.07) is 8.09. The molecule has 1 fully saturated rings. The number of benzene rings is 1. The summed E-state index contributed by atoms with van der Waals surface area (Å²) in [7, 11) is 0. The third kappa shape index (κ3) is 6.36. The fraction of sp³-hybridized carbons (Fsp3) is 0.619. The lowest BCUT2D eigenvalue weighted by Gasteiger charge is -2.32. The molecule has 2 N–H and O–H groups in total. The fourth-order valence-electron chi connectivity index (χ4n) is 2.96. The summed E-state index contributed by atoms with van der Waals surface area (Å²) in [6.07, 6.45) is 3.52. The third-order valence-electron chi connectivity index (χ3n) is 4.85. The quantitative estimate of drug-likeness (QED) is 0.760. The van der Waals surface area contributed by atoms with Crippen LogP contribution >= 0.6 is 0 Å². The van der Waals surface area contributed by atoms with Crippen molar-refractivity contribution in [1.29, 1.82) is 0 Å². The van der Waals surface area contributed by atoms with Gasteiger partial charge in [-0.3, -0.25) is 9.59 Å². The number of anilines is 2. The SMILES string of the molecule is CC1CCN(c2ccc(NC(=O)CCCNC(=O)C(C)(C)C)cc2)CC1. The van der Waals surface area contributed by atoms with Crippen molar-refractivity contribution < 1.29 is 9.59 Å². The van der Waals surface area contributed by atoms with Gasteiger partial charge in [0.15, 0.2) is 0 Å². The minimum Gasteiger partial charge on any atom is -0.372 e. The monoisotopic (exact) mass is 359 g/mol. The van der Waals surface area contributed by atoms with Crippen LogP contribution in [0.5, 0.6) is 0 Å². The molecule has 144 valence electrons. The van der Waals surface area contributed by atoms with Crippen LogP contribution in [0.15, 0.2) is 24.3 Å². The van der Waals surface area contributed by atoms with E-state index in [1.807, 2.05) is 32.9 Å². The molecule has 5 nitrogen and oxygen atoms in total. The molecule has 0 bridgehead atoms. The summed E-state index contributed by atoms with van der Waals surface area (Å²) in [5, 5.41) is 5.79. The summed E-state index contributed by atoms with van der Waals surface area (Å²) in [4.78, 5) is 26.2. The molecule has 5 heteroatoms. The molecule has 0 aliphatic carbocycles. The molecule has 0 saturated carbocycles. The predicted molar refractivity (Wildman–Crippen MR) is 107 cm³/mol. The maximum absolute atomic E-state index is 12.0. The van der Waals surface area contributed by atoms with Gasteiger partial charge in [0.2, 0.25) is 11.8 Å². The highest BCUT2D eigenvalue weighted by Crippen LogP contribution is 2.24. The molecule has 0 unspecified atom stereocenters. The molecular formula is C21H33N3O2. The van der Waals surface area contributed by atoms with E-state index in [1.165, 1.54) is 18.5 Å². The first-order chi connectivity index (χ1) is 12.3. The zero-order valence-corrected chi connectivity index (χ0v) is 16.6. The molecule has 2 rings (SSSR count). The van der Waals surface area contributed by atoms with Gasteiger partial charge in [-0.15, -0.1) is 0 Å². The number of amides is 2. The van der Waals surface area contributed by atoms with Gasteiger partial charge in [0, 0.05) is 42.8 Å². The number of carbonyl (C=O) groups excluding carboxylic acids is 2. The van der Waals surface area contributed by atoms with E-state index >= 15 is 0 Å². The van der Waals surface area contributed by atoms with Crippen LogP contribution in [-0.4, -0.2) is 31.4 Å². The molecule has 0 spiro atoms. The van der Waals surface area contributed by atoms with Crippen LogP contribution in [0.3, 0.4) is 0 Å². The summed E-state index contributed by atoms with van der Waals surface area (Å²) >= 11 is 0. The van der Waals surface area contributed by atoms with Gasteiger partial charge in [0.1, 0.15) is 0 Å². The molecule has 1 aliphatic heterocycles. The van der Waals surface area contributed by atoms with E-state index in [9.17, 15) is 9.59 Å². The van der Waals surface area contributed by atoms with Crippen molar-refractivity contribution >= 4 is 23.2 Å². The van der Waals surface area contributed by atoms with E-state index in [0.29, 0.717) is 19.4 Å². The second-order valence-electron chi connectivity index (χ2n) is 8.37. The predicted octanol–water partition coefficient (Wildman–Crippen LogP) is 3.80. The van der Waals surface area contributed by atoms with E-state index in [2.05, 4.69) is 34.6 Å². The third-order valence-corrected chi connectivity index (χ3v) is 4.85. The molecular weight excluding hydrogens is 326 g/mol. The molecule has 1 aromatic carbocycles. The molecule has 1 heterocycles. The first-order valence-electron chi connectivity index (χ1n) is 9.69. The Morgan fingerprint density at radius 2 is 1.73 bits per heavy atom. The summed E-state index contributed by atoms with van der Waals surface area (Å²) < 4.78 is 0. The van der Waals surface area contributed by atoms with Crippen LogP contribution in [-0.2, 0) is 9.59 Å². The number of hydrogen-bond donors (Lipinski definition) is 2. The van der Waals surface area contributed by atoms with E-state index in [4.69, 9.17) is 0 Å². The molecule has 2 amide bonds.